The monoisotopic (exact) mass is 721 g/mol. The molecule has 0 nitrogen and oxygen atoms in total. The molecule has 0 aromatic carbocycles. The quantitative estimate of drug-likeness (QED) is 0.0446. The van der Waals surface area contributed by atoms with Crippen molar-refractivity contribution in [3.63, 3.8) is 0 Å². The summed E-state index contributed by atoms with van der Waals surface area (Å²) in [5.41, 5.74) is 1.33. The van der Waals surface area contributed by atoms with E-state index >= 15 is 0 Å². The molecule has 4 unspecified atom stereocenters. The minimum Gasteiger partial charge on any atom is -0.0848 e. The highest BCUT2D eigenvalue weighted by molar-refractivity contribution is 5.16. The van der Waals surface area contributed by atoms with Crippen LogP contribution in [0.15, 0.2) is 24.3 Å². The van der Waals surface area contributed by atoms with Crippen LogP contribution < -0.4 is 0 Å². The summed E-state index contributed by atoms with van der Waals surface area (Å²) >= 11 is 0. The average molecular weight is 721 g/mol. The van der Waals surface area contributed by atoms with Crippen molar-refractivity contribution in [3.8, 4) is 0 Å². The summed E-state index contributed by atoms with van der Waals surface area (Å²) in [4.78, 5) is 0. The van der Waals surface area contributed by atoms with Gasteiger partial charge in [0, 0.05) is 0 Å². The fourth-order valence-electron chi connectivity index (χ4n) is 10.7. The molecule has 0 radical (unpaired) electrons. The summed E-state index contributed by atoms with van der Waals surface area (Å²) in [6.45, 7) is 4.61. The maximum absolute atomic E-state index is 2.58. The first-order chi connectivity index (χ1) is 25.7. The van der Waals surface area contributed by atoms with Crippen LogP contribution in [0.2, 0.25) is 0 Å². The normalized spacial score (nSPS) is 24.0. The number of fused-ring (bicyclic) bond motifs is 4. The van der Waals surface area contributed by atoms with Crippen LogP contribution in [0.5, 0.6) is 0 Å². The van der Waals surface area contributed by atoms with Crippen molar-refractivity contribution < 1.29 is 0 Å². The zero-order valence-corrected chi connectivity index (χ0v) is 36.2. The van der Waals surface area contributed by atoms with E-state index < -0.39 is 0 Å². The van der Waals surface area contributed by atoms with E-state index in [1.165, 1.54) is 270 Å². The van der Waals surface area contributed by atoms with Gasteiger partial charge in [0.2, 0.25) is 0 Å². The molecule has 0 aromatic heterocycles. The van der Waals surface area contributed by atoms with Crippen LogP contribution >= 0.6 is 0 Å². The Morgan fingerprint density at radius 3 is 0.731 bits per heavy atom. The minimum absolute atomic E-state index is 0.666. The third-order valence-corrected chi connectivity index (χ3v) is 14.4. The Kier molecular flexibility index (Phi) is 27.1. The Balaban J connectivity index is 0.000000281. The van der Waals surface area contributed by atoms with Gasteiger partial charge in [-0.1, -0.05) is 256 Å². The maximum atomic E-state index is 2.58. The fraction of sp³-hybridized carbons (Fsp3) is 0.923. The Labute approximate surface area is 329 Å². The predicted octanol–water partition coefficient (Wildman–Crippen LogP) is 18.8. The SMILES string of the molecule is CCCCCCCCCCCCCCCCCCC12C=CC(CC1)C2.CCCCCCCCCCCCCCCCCCCCC12C=CC(CC1)C2. The first kappa shape index (κ1) is 45.9. The molecule has 304 valence electrons. The number of hydrogen-bond donors (Lipinski definition) is 0. The van der Waals surface area contributed by atoms with Crippen molar-refractivity contribution in [1.29, 1.82) is 0 Å². The van der Waals surface area contributed by atoms with E-state index in [2.05, 4.69) is 38.2 Å². The topological polar surface area (TPSA) is 0 Å². The Morgan fingerprint density at radius 2 is 0.558 bits per heavy atom. The van der Waals surface area contributed by atoms with Crippen LogP contribution in [-0.4, -0.2) is 0 Å². The van der Waals surface area contributed by atoms with Crippen molar-refractivity contribution in [1.82, 2.24) is 0 Å². The molecule has 0 heteroatoms. The second-order valence-corrected chi connectivity index (χ2v) is 19.3. The number of rotatable bonds is 36. The smallest absolute Gasteiger partial charge is 0.0112 e. The summed E-state index contributed by atoms with van der Waals surface area (Å²) in [6.07, 6.45) is 72.3. The summed E-state index contributed by atoms with van der Waals surface area (Å²) in [6, 6.07) is 0. The van der Waals surface area contributed by atoms with Gasteiger partial charge in [-0.15, -0.1) is 0 Å². The van der Waals surface area contributed by atoms with Gasteiger partial charge in [0.1, 0.15) is 0 Å². The van der Waals surface area contributed by atoms with E-state index in [1.54, 1.807) is 0 Å². The molecule has 52 heavy (non-hydrogen) atoms. The molecule has 2 saturated carbocycles. The van der Waals surface area contributed by atoms with Crippen molar-refractivity contribution in [3.05, 3.63) is 24.3 Å². The Hall–Kier alpha value is -0.520. The Morgan fingerprint density at radius 1 is 0.327 bits per heavy atom. The van der Waals surface area contributed by atoms with Crippen molar-refractivity contribution in [2.24, 2.45) is 22.7 Å². The minimum atomic E-state index is 0.666. The molecular formula is C52H96. The van der Waals surface area contributed by atoms with Gasteiger partial charge in [0.15, 0.2) is 0 Å². The third kappa shape index (κ3) is 21.5. The molecule has 4 aliphatic rings. The summed E-state index contributed by atoms with van der Waals surface area (Å²) < 4.78 is 0. The number of hydrogen-bond acceptors (Lipinski definition) is 0. The van der Waals surface area contributed by atoms with Crippen molar-refractivity contribution in [2.75, 3.05) is 0 Å². The molecule has 4 atom stereocenters. The first-order valence-electron chi connectivity index (χ1n) is 25.1. The van der Waals surface area contributed by atoms with E-state index in [1.807, 2.05) is 0 Å². The molecule has 0 aliphatic heterocycles. The van der Waals surface area contributed by atoms with Crippen LogP contribution in [0.1, 0.15) is 284 Å². The molecule has 4 aliphatic carbocycles. The molecule has 0 heterocycles. The van der Waals surface area contributed by atoms with Gasteiger partial charge < -0.3 is 0 Å². The van der Waals surface area contributed by atoms with E-state index in [0.717, 1.165) is 11.8 Å². The molecule has 0 amide bonds. The van der Waals surface area contributed by atoms with Gasteiger partial charge in [0.25, 0.3) is 0 Å². The second-order valence-electron chi connectivity index (χ2n) is 19.3. The lowest BCUT2D eigenvalue weighted by molar-refractivity contribution is 0.350. The fourth-order valence-corrected chi connectivity index (χ4v) is 10.7. The number of allylic oxidation sites excluding steroid dienone is 4. The van der Waals surface area contributed by atoms with Crippen molar-refractivity contribution >= 4 is 0 Å². The lowest BCUT2D eigenvalue weighted by Crippen LogP contribution is -2.10. The van der Waals surface area contributed by atoms with E-state index in [0.29, 0.717) is 10.8 Å². The van der Waals surface area contributed by atoms with Gasteiger partial charge in [-0.2, -0.15) is 0 Å². The van der Waals surface area contributed by atoms with Gasteiger partial charge >= 0.3 is 0 Å². The summed E-state index contributed by atoms with van der Waals surface area (Å²) in [7, 11) is 0. The molecule has 0 N–H and O–H groups in total. The largest absolute Gasteiger partial charge is 0.0848 e. The van der Waals surface area contributed by atoms with Gasteiger partial charge in [-0.05, 0) is 74.0 Å². The first-order valence-corrected chi connectivity index (χ1v) is 25.1. The van der Waals surface area contributed by atoms with Crippen LogP contribution in [0.3, 0.4) is 0 Å². The molecule has 0 aromatic rings. The third-order valence-electron chi connectivity index (χ3n) is 14.4. The highest BCUT2D eigenvalue weighted by atomic mass is 14.4. The van der Waals surface area contributed by atoms with Crippen LogP contribution in [0, 0.1) is 22.7 Å². The molecule has 0 saturated heterocycles. The standard InChI is InChI=1S/C27H50.C25H46/c1-2-3-4-5-6-7-8-9-10-11-12-13-14-15-16-17-18-19-22-27-23-20-26(25-27)21-24-27;1-2-3-4-5-6-7-8-9-10-11-12-13-14-15-16-17-20-25-21-18-24(23-25)19-22-25/h20,23,26H,2-19,21-22,24-25H2,1H3;18,21,24H,2-17,19-20,22-23H2,1H3. The van der Waals surface area contributed by atoms with E-state index in [-0.39, 0.29) is 0 Å². The lowest BCUT2D eigenvalue weighted by Gasteiger charge is -2.23. The van der Waals surface area contributed by atoms with Crippen LogP contribution in [0.25, 0.3) is 0 Å². The van der Waals surface area contributed by atoms with E-state index in [9.17, 15) is 0 Å². The summed E-state index contributed by atoms with van der Waals surface area (Å²) in [5, 5.41) is 0. The van der Waals surface area contributed by atoms with Gasteiger partial charge in [0.05, 0.1) is 0 Å². The highest BCUT2D eigenvalue weighted by Gasteiger charge is 2.40. The molecule has 0 spiro atoms. The van der Waals surface area contributed by atoms with Crippen LogP contribution in [0.4, 0.5) is 0 Å². The highest BCUT2D eigenvalue weighted by Crippen LogP contribution is 2.53. The average Bonchev–Trinajstić information content (AvgIpc) is 3.97. The zero-order valence-electron chi connectivity index (χ0n) is 36.2. The number of unbranched alkanes of at least 4 members (excludes halogenated alkanes) is 32. The van der Waals surface area contributed by atoms with E-state index in [4.69, 9.17) is 0 Å². The predicted molar refractivity (Wildman–Crippen MR) is 235 cm³/mol. The summed E-state index contributed by atoms with van der Waals surface area (Å²) in [5.74, 6) is 1.92. The zero-order chi connectivity index (χ0) is 36.7. The maximum Gasteiger partial charge on any atom is -0.0112 e. The molecule has 4 rings (SSSR count). The second kappa shape index (κ2) is 30.7. The van der Waals surface area contributed by atoms with Crippen molar-refractivity contribution in [2.45, 2.75) is 284 Å². The molecular weight excluding hydrogens is 625 g/mol. The molecule has 4 bridgehead atoms. The van der Waals surface area contributed by atoms with Gasteiger partial charge in [-0.25, -0.2) is 0 Å². The van der Waals surface area contributed by atoms with Gasteiger partial charge in [-0.3, -0.25) is 0 Å². The lowest BCUT2D eigenvalue weighted by atomic mass is 9.82. The Bertz CT molecular complexity index is 850. The van der Waals surface area contributed by atoms with Crippen LogP contribution in [-0.2, 0) is 0 Å². The molecule has 2 fully saturated rings.